The van der Waals surface area contributed by atoms with Crippen LogP contribution in [0.3, 0.4) is 0 Å². The smallest absolute Gasteiger partial charge is 0.271 e. The van der Waals surface area contributed by atoms with Gasteiger partial charge in [-0.25, -0.2) is 12.8 Å². The lowest BCUT2D eigenvalue weighted by Crippen LogP contribution is -2.52. The first-order valence-electron chi connectivity index (χ1n) is 11.9. The Kier molecular flexibility index (Phi) is 8.85. The topological polar surface area (TPSA) is 130 Å². The van der Waals surface area contributed by atoms with Crippen molar-refractivity contribution in [2.24, 2.45) is 0 Å². The molecule has 1 N–H and O–H groups in total. The van der Waals surface area contributed by atoms with Crippen molar-refractivity contribution in [1.82, 2.24) is 10.2 Å². The number of nitro groups is 1. The third-order valence-corrected chi connectivity index (χ3v) is 7.65. The summed E-state index contributed by atoms with van der Waals surface area (Å²) in [5.74, 6) is -1.75. The second kappa shape index (κ2) is 11.7. The molecule has 0 aliphatic heterocycles. The Balaban J connectivity index is 1.95. The van der Waals surface area contributed by atoms with Crippen molar-refractivity contribution in [3.8, 4) is 0 Å². The molecule has 0 spiro atoms. The van der Waals surface area contributed by atoms with Crippen molar-refractivity contribution in [3.05, 3.63) is 69.5 Å². The molecule has 0 bridgehead atoms. The summed E-state index contributed by atoms with van der Waals surface area (Å²) in [5.41, 5.74) is 0.193. The fourth-order valence-electron chi connectivity index (χ4n) is 4.36. The van der Waals surface area contributed by atoms with Crippen molar-refractivity contribution in [3.63, 3.8) is 0 Å². The van der Waals surface area contributed by atoms with Crippen molar-refractivity contribution in [2.75, 3.05) is 17.1 Å². The number of carbonyl (C=O) groups is 2. The minimum atomic E-state index is -4.07. The predicted molar refractivity (Wildman–Crippen MR) is 137 cm³/mol. The van der Waals surface area contributed by atoms with Gasteiger partial charge in [0.2, 0.25) is 21.8 Å². The van der Waals surface area contributed by atoms with Crippen LogP contribution in [-0.4, -0.2) is 54.9 Å². The third-order valence-electron chi connectivity index (χ3n) is 6.52. The van der Waals surface area contributed by atoms with Crippen LogP contribution in [0.1, 0.15) is 43.7 Å². The summed E-state index contributed by atoms with van der Waals surface area (Å²) in [5, 5.41) is 14.2. The number of nitro benzene ring substituents is 1. The summed E-state index contributed by atoms with van der Waals surface area (Å²) in [6.07, 6.45) is 4.52. The molecule has 3 rings (SSSR count). The number of carbonyl (C=O) groups excluding carboxylic acids is 2. The van der Waals surface area contributed by atoms with Crippen LogP contribution < -0.4 is 9.62 Å². The minimum absolute atomic E-state index is 0.0135. The van der Waals surface area contributed by atoms with Crippen LogP contribution in [-0.2, 0) is 26.2 Å². The molecule has 0 aromatic heterocycles. The zero-order chi connectivity index (χ0) is 27.3. The van der Waals surface area contributed by atoms with Crippen LogP contribution in [0.2, 0.25) is 0 Å². The second-order valence-corrected chi connectivity index (χ2v) is 11.2. The lowest BCUT2D eigenvalue weighted by molar-refractivity contribution is -0.384. The summed E-state index contributed by atoms with van der Waals surface area (Å²) >= 11 is 0. The molecule has 0 heterocycles. The van der Waals surface area contributed by atoms with Gasteiger partial charge in [0.1, 0.15) is 18.4 Å². The number of hydrogen-bond acceptors (Lipinski definition) is 6. The van der Waals surface area contributed by atoms with E-state index in [9.17, 15) is 32.5 Å². The van der Waals surface area contributed by atoms with Gasteiger partial charge >= 0.3 is 0 Å². The van der Waals surface area contributed by atoms with E-state index in [0.29, 0.717) is 5.56 Å². The number of anilines is 1. The standard InChI is InChI=1S/C25H31FN4O6S/c1-17-12-13-21(30(33)34)14-23(17)29(37(3,35)36)16-24(31)28(15-19-8-4-7-11-22(19)26)18(2)25(32)27-20-9-5-6-10-20/h4,7-8,11-14,18,20H,5-6,9-10,15-16H2,1-3H3,(H,27,32)/t18-/m1/s1. The first kappa shape index (κ1) is 28.0. The van der Waals surface area contributed by atoms with Crippen LogP contribution in [0.25, 0.3) is 0 Å². The largest absolute Gasteiger partial charge is 0.352 e. The maximum atomic E-state index is 14.5. The molecule has 37 heavy (non-hydrogen) atoms. The van der Waals surface area contributed by atoms with E-state index in [1.54, 1.807) is 13.0 Å². The summed E-state index contributed by atoms with van der Waals surface area (Å²) in [4.78, 5) is 38.4. The zero-order valence-electron chi connectivity index (χ0n) is 21.0. The highest BCUT2D eigenvalue weighted by Gasteiger charge is 2.32. The molecule has 1 fully saturated rings. The van der Waals surface area contributed by atoms with E-state index in [1.165, 1.54) is 37.3 Å². The lowest BCUT2D eigenvalue weighted by Gasteiger charge is -2.32. The van der Waals surface area contributed by atoms with Gasteiger partial charge in [0.25, 0.3) is 5.69 Å². The molecule has 200 valence electrons. The van der Waals surface area contributed by atoms with Gasteiger partial charge in [-0.1, -0.05) is 37.1 Å². The minimum Gasteiger partial charge on any atom is -0.352 e. The van der Waals surface area contributed by atoms with Crippen LogP contribution in [0.15, 0.2) is 42.5 Å². The number of nitrogens with one attached hydrogen (secondary N) is 1. The first-order valence-corrected chi connectivity index (χ1v) is 13.8. The summed E-state index contributed by atoms with van der Waals surface area (Å²) < 4.78 is 40.7. The Morgan fingerprint density at radius 1 is 1.19 bits per heavy atom. The highest BCUT2D eigenvalue weighted by atomic mass is 32.2. The van der Waals surface area contributed by atoms with Crippen molar-refractivity contribution < 1.29 is 27.3 Å². The molecule has 1 aliphatic rings. The number of rotatable bonds is 10. The van der Waals surface area contributed by atoms with Crippen LogP contribution >= 0.6 is 0 Å². The fourth-order valence-corrected chi connectivity index (χ4v) is 5.26. The Morgan fingerprint density at radius 3 is 2.43 bits per heavy atom. The quantitative estimate of drug-likeness (QED) is 0.368. The van der Waals surface area contributed by atoms with E-state index in [0.717, 1.165) is 47.2 Å². The molecular formula is C25H31FN4O6S. The van der Waals surface area contributed by atoms with Crippen LogP contribution in [0, 0.1) is 22.9 Å². The van der Waals surface area contributed by atoms with E-state index in [2.05, 4.69) is 5.32 Å². The van der Waals surface area contributed by atoms with Gasteiger partial charge in [0.05, 0.1) is 16.9 Å². The Morgan fingerprint density at radius 2 is 1.84 bits per heavy atom. The molecule has 0 saturated heterocycles. The van der Waals surface area contributed by atoms with Crippen molar-refractivity contribution >= 4 is 33.2 Å². The SMILES string of the molecule is Cc1ccc([N+](=O)[O-])cc1N(CC(=O)N(Cc1ccccc1F)[C@H](C)C(=O)NC1CCCC1)S(C)(=O)=O. The van der Waals surface area contributed by atoms with Gasteiger partial charge in [0, 0.05) is 30.3 Å². The molecular weight excluding hydrogens is 503 g/mol. The van der Waals surface area contributed by atoms with E-state index in [-0.39, 0.29) is 29.5 Å². The third kappa shape index (κ3) is 7.03. The molecule has 1 atom stereocenters. The average molecular weight is 535 g/mol. The molecule has 1 saturated carbocycles. The number of sulfonamides is 1. The molecule has 10 nitrogen and oxygen atoms in total. The average Bonchev–Trinajstić information content (AvgIpc) is 3.34. The number of halogens is 1. The van der Waals surface area contributed by atoms with E-state index in [4.69, 9.17) is 0 Å². The Hall–Kier alpha value is -3.54. The van der Waals surface area contributed by atoms with Crippen molar-refractivity contribution in [1.29, 1.82) is 0 Å². The van der Waals surface area contributed by atoms with Crippen LogP contribution in [0.4, 0.5) is 15.8 Å². The highest BCUT2D eigenvalue weighted by molar-refractivity contribution is 7.92. The molecule has 2 amide bonds. The van der Waals surface area contributed by atoms with Crippen LogP contribution in [0.5, 0.6) is 0 Å². The van der Waals surface area contributed by atoms with E-state index in [1.807, 2.05) is 0 Å². The van der Waals surface area contributed by atoms with Gasteiger partial charge in [-0.2, -0.15) is 0 Å². The normalized spacial score (nSPS) is 14.7. The van der Waals surface area contributed by atoms with Gasteiger partial charge in [-0.15, -0.1) is 0 Å². The number of non-ortho nitro benzene ring substituents is 1. The van der Waals surface area contributed by atoms with Gasteiger partial charge in [0.15, 0.2) is 0 Å². The molecule has 0 radical (unpaired) electrons. The highest BCUT2D eigenvalue weighted by Crippen LogP contribution is 2.28. The number of hydrogen-bond donors (Lipinski definition) is 1. The van der Waals surface area contributed by atoms with Gasteiger partial charge < -0.3 is 10.2 Å². The predicted octanol–water partition coefficient (Wildman–Crippen LogP) is 3.28. The second-order valence-electron chi connectivity index (χ2n) is 9.28. The summed E-state index contributed by atoms with van der Waals surface area (Å²) in [6, 6.07) is 8.48. The number of amides is 2. The number of nitrogens with zero attached hydrogens (tertiary/aromatic N) is 3. The molecule has 0 unspecified atom stereocenters. The van der Waals surface area contributed by atoms with Gasteiger partial charge in [-0.05, 0) is 38.3 Å². The van der Waals surface area contributed by atoms with Crippen molar-refractivity contribution in [2.45, 2.75) is 58.2 Å². The van der Waals surface area contributed by atoms with E-state index >= 15 is 0 Å². The zero-order valence-corrected chi connectivity index (χ0v) is 21.8. The summed E-state index contributed by atoms with van der Waals surface area (Å²) in [6.45, 7) is 2.08. The van der Waals surface area contributed by atoms with Gasteiger partial charge in [-0.3, -0.25) is 24.0 Å². The number of benzene rings is 2. The molecule has 2 aromatic carbocycles. The first-order chi connectivity index (χ1) is 17.4. The molecule has 12 heteroatoms. The lowest BCUT2D eigenvalue weighted by atomic mass is 10.1. The Bertz CT molecular complexity index is 1280. The maximum Gasteiger partial charge on any atom is 0.271 e. The fraction of sp³-hybridized carbons (Fsp3) is 0.440. The maximum absolute atomic E-state index is 14.5. The summed E-state index contributed by atoms with van der Waals surface area (Å²) in [7, 11) is -4.07. The van der Waals surface area contributed by atoms with E-state index < -0.39 is 45.2 Å². The number of aryl methyl sites for hydroxylation is 1. The Labute approximate surface area is 215 Å². The molecule has 1 aliphatic carbocycles. The molecule has 2 aromatic rings. The monoisotopic (exact) mass is 534 g/mol.